The summed E-state index contributed by atoms with van der Waals surface area (Å²) in [6.07, 6.45) is 15.4. The van der Waals surface area contributed by atoms with E-state index in [1.165, 1.54) is 57.8 Å². The molecule has 24 heavy (non-hydrogen) atoms. The Morgan fingerprint density at radius 3 is 2.38 bits per heavy atom. The second kappa shape index (κ2) is 10.4. The van der Waals surface area contributed by atoms with Gasteiger partial charge in [-0.3, -0.25) is 0 Å². The van der Waals surface area contributed by atoms with Crippen LogP contribution in [0, 0.1) is 22.7 Å². The summed E-state index contributed by atoms with van der Waals surface area (Å²) >= 11 is 0. The first kappa shape index (κ1) is 19.7. The van der Waals surface area contributed by atoms with Gasteiger partial charge in [0.2, 0.25) is 0 Å². The summed E-state index contributed by atoms with van der Waals surface area (Å²) in [5.74, 6) is 0.541. The van der Waals surface area contributed by atoms with Crippen LogP contribution in [0.4, 0.5) is 0 Å². The summed E-state index contributed by atoms with van der Waals surface area (Å²) < 4.78 is 12.6. The fourth-order valence-electron chi connectivity index (χ4n) is 4.32. The first-order chi connectivity index (χ1) is 11.8. The van der Waals surface area contributed by atoms with E-state index in [2.05, 4.69) is 19.9 Å². The van der Waals surface area contributed by atoms with Crippen molar-refractivity contribution < 1.29 is 9.47 Å². The first-order valence-electron chi connectivity index (χ1n) is 10.4. The SMILES string of the molecule is CCCCCC1OC(C2CCCCC2)OCC1(C#N)CCCCC. The topological polar surface area (TPSA) is 42.2 Å². The molecular weight excluding hydrogens is 298 g/mol. The average molecular weight is 336 g/mol. The molecule has 2 rings (SSSR count). The zero-order valence-corrected chi connectivity index (χ0v) is 15.9. The van der Waals surface area contributed by atoms with Crippen LogP contribution in [0.2, 0.25) is 0 Å². The van der Waals surface area contributed by atoms with E-state index in [-0.39, 0.29) is 12.4 Å². The fourth-order valence-corrected chi connectivity index (χ4v) is 4.32. The highest BCUT2D eigenvalue weighted by Crippen LogP contribution is 2.41. The quantitative estimate of drug-likeness (QED) is 0.487. The first-order valence-corrected chi connectivity index (χ1v) is 10.4. The molecule has 1 saturated carbocycles. The molecule has 138 valence electrons. The maximum atomic E-state index is 9.95. The normalized spacial score (nSPS) is 31.7. The van der Waals surface area contributed by atoms with Crippen LogP contribution in [-0.4, -0.2) is 19.0 Å². The van der Waals surface area contributed by atoms with Crippen LogP contribution in [-0.2, 0) is 9.47 Å². The molecule has 3 atom stereocenters. The van der Waals surface area contributed by atoms with E-state index < -0.39 is 5.41 Å². The molecule has 0 radical (unpaired) electrons. The van der Waals surface area contributed by atoms with Crippen molar-refractivity contribution in [2.75, 3.05) is 6.61 Å². The minimum absolute atomic E-state index is 0.0617. The number of unbranched alkanes of at least 4 members (excludes halogenated alkanes) is 4. The molecule has 0 spiro atoms. The molecule has 0 amide bonds. The summed E-state index contributed by atoms with van der Waals surface area (Å²) in [7, 11) is 0. The Morgan fingerprint density at radius 2 is 1.71 bits per heavy atom. The Morgan fingerprint density at radius 1 is 1.00 bits per heavy atom. The summed E-state index contributed by atoms with van der Waals surface area (Å²) in [5.41, 5.74) is -0.423. The van der Waals surface area contributed by atoms with Crippen LogP contribution in [0.1, 0.15) is 97.3 Å². The van der Waals surface area contributed by atoms with Crippen LogP contribution < -0.4 is 0 Å². The van der Waals surface area contributed by atoms with Crippen molar-refractivity contribution in [3.05, 3.63) is 0 Å². The van der Waals surface area contributed by atoms with Gasteiger partial charge in [-0.05, 0) is 25.7 Å². The van der Waals surface area contributed by atoms with Crippen molar-refractivity contribution in [2.24, 2.45) is 11.3 Å². The second-order valence-corrected chi connectivity index (χ2v) is 7.92. The number of rotatable bonds is 9. The monoisotopic (exact) mass is 335 g/mol. The predicted molar refractivity (Wildman–Crippen MR) is 97.5 cm³/mol. The van der Waals surface area contributed by atoms with Crippen LogP contribution in [0.3, 0.4) is 0 Å². The third-order valence-electron chi connectivity index (χ3n) is 5.97. The molecule has 1 saturated heterocycles. The zero-order chi connectivity index (χ0) is 17.3. The Balaban J connectivity index is 2.01. The van der Waals surface area contributed by atoms with Crippen molar-refractivity contribution in [3.63, 3.8) is 0 Å². The highest BCUT2D eigenvalue weighted by molar-refractivity contribution is 5.06. The molecule has 2 fully saturated rings. The lowest BCUT2D eigenvalue weighted by atomic mass is 9.76. The lowest BCUT2D eigenvalue weighted by Gasteiger charge is -2.45. The van der Waals surface area contributed by atoms with Gasteiger partial charge in [0.25, 0.3) is 0 Å². The van der Waals surface area contributed by atoms with E-state index >= 15 is 0 Å². The van der Waals surface area contributed by atoms with Crippen molar-refractivity contribution in [3.8, 4) is 6.07 Å². The molecule has 0 aromatic rings. The Labute approximate surface area is 149 Å². The minimum Gasteiger partial charge on any atom is -0.351 e. The number of nitrogens with zero attached hydrogens (tertiary/aromatic N) is 1. The van der Waals surface area contributed by atoms with Gasteiger partial charge in [0.1, 0.15) is 5.41 Å². The summed E-state index contributed by atoms with van der Waals surface area (Å²) in [6.45, 7) is 5.02. The van der Waals surface area contributed by atoms with Gasteiger partial charge in [0.15, 0.2) is 6.29 Å². The minimum atomic E-state index is -0.423. The molecule has 0 bridgehead atoms. The van der Waals surface area contributed by atoms with Crippen LogP contribution in [0.15, 0.2) is 0 Å². The van der Waals surface area contributed by atoms with E-state index in [1.807, 2.05) is 0 Å². The van der Waals surface area contributed by atoms with E-state index in [4.69, 9.17) is 9.47 Å². The summed E-state index contributed by atoms with van der Waals surface area (Å²) in [4.78, 5) is 0. The molecule has 3 unspecified atom stereocenters. The van der Waals surface area contributed by atoms with Gasteiger partial charge >= 0.3 is 0 Å². The summed E-state index contributed by atoms with van der Waals surface area (Å²) in [6, 6.07) is 2.63. The van der Waals surface area contributed by atoms with Crippen LogP contribution >= 0.6 is 0 Å². The molecule has 0 aromatic carbocycles. The van der Waals surface area contributed by atoms with E-state index in [0.29, 0.717) is 12.5 Å². The van der Waals surface area contributed by atoms with E-state index in [9.17, 15) is 5.26 Å². The van der Waals surface area contributed by atoms with Gasteiger partial charge in [0.05, 0.1) is 18.8 Å². The van der Waals surface area contributed by atoms with Gasteiger partial charge in [-0.15, -0.1) is 0 Å². The maximum absolute atomic E-state index is 9.95. The van der Waals surface area contributed by atoms with Crippen molar-refractivity contribution in [1.29, 1.82) is 5.26 Å². The Kier molecular flexibility index (Phi) is 8.56. The predicted octanol–water partition coefficient (Wildman–Crippen LogP) is 5.98. The lowest BCUT2D eigenvalue weighted by Crippen LogP contribution is -2.50. The molecule has 0 aromatic heterocycles. The average Bonchev–Trinajstić information content (AvgIpc) is 2.64. The molecule has 1 aliphatic carbocycles. The van der Waals surface area contributed by atoms with Crippen molar-refractivity contribution >= 4 is 0 Å². The lowest BCUT2D eigenvalue weighted by molar-refractivity contribution is -0.278. The molecule has 2 aliphatic rings. The third kappa shape index (κ3) is 5.20. The van der Waals surface area contributed by atoms with E-state index in [1.54, 1.807) is 0 Å². The molecule has 0 N–H and O–H groups in total. The molecule has 1 heterocycles. The highest BCUT2D eigenvalue weighted by atomic mass is 16.7. The van der Waals surface area contributed by atoms with Crippen molar-refractivity contribution in [2.45, 2.75) is 110 Å². The Bertz CT molecular complexity index is 386. The second-order valence-electron chi connectivity index (χ2n) is 7.92. The van der Waals surface area contributed by atoms with Crippen LogP contribution in [0.5, 0.6) is 0 Å². The fraction of sp³-hybridized carbons (Fsp3) is 0.952. The third-order valence-corrected chi connectivity index (χ3v) is 5.97. The summed E-state index contributed by atoms with van der Waals surface area (Å²) in [5, 5.41) is 9.95. The molecule has 1 aliphatic heterocycles. The van der Waals surface area contributed by atoms with Gasteiger partial charge in [-0.25, -0.2) is 0 Å². The molecule has 3 heteroatoms. The van der Waals surface area contributed by atoms with Crippen molar-refractivity contribution in [1.82, 2.24) is 0 Å². The smallest absolute Gasteiger partial charge is 0.160 e. The zero-order valence-electron chi connectivity index (χ0n) is 15.9. The highest BCUT2D eigenvalue weighted by Gasteiger charge is 2.46. The Hall–Kier alpha value is -0.590. The van der Waals surface area contributed by atoms with Crippen LogP contribution in [0.25, 0.3) is 0 Å². The molecule has 3 nitrogen and oxygen atoms in total. The molecular formula is C21H37NO2. The van der Waals surface area contributed by atoms with E-state index in [0.717, 1.165) is 25.7 Å². The largest absolute Gasteiger partial charge is 0.351 e. The number of ether oxygens (including phenoxy) is 2. The van der Waals surface area contributed by atoms with Gasteiger partial charge in [-0.1, -0.05) is 71.6 Å². The maximum Gasteiger partial charge on any atom is 0.160 e. The van der Waals surface area contributed by atoms with Gasteiger partial charge < -0.3 is 9.47 Å². The van der Waals surface area contributed by atoms with Gasteiger partial charge in [-0.2, -0.15) is 5.26 Å². The number of nitriles is 1. The number of hydrogen-bond donors (Lipinski definition) is 0. The van der Waals surface area contributed by atoms with Gasteiger partial charge in [0, 0.05) is 5.92 Å². The standard InChI is InChI=1S/C21H37NO2/c1-3-5-8-14-19-21(16-22,15-11-6-4-2)17-23-20(24-19)18-12-9-7-10-13-18/h18-20H,3-15,17H2,1-2H3. The number of hydrogen-bond acceptors (Lipinski definition) is 3.